The largest absolute Gasteiger partial charge is 0.479 e. The summed E-state index contributed by atoms with van der Waals surface area (Å²) in [5.74, 6) is -2.99. The number of methoxy groups -OCH3 is 1. The Kier molecular flexibility index (Phi) is 4.09. The molecule has 0 aliphatic heterocycles. The van der Waals surface area contributed by atoms with Crippen molar-refractivity contribution < 1.29 is 28.6 Å². The maximum absolute atomic E-state index is 11.7. The minimum absolute atomic E-state index is 0.247. The highest BCUT2D eigenvalue weighted by molar-refractivity contribution is 6.07. The predicted octanol–water partition coefficient (Wildman–Crippen LogP) is -0.0454. The standard InChI is InChI=1S/C11H13NO6/c1-7(13)12-11(9(14)15,10(16)17-2)6-8-4-3-5-18-8/h3-5H,6H2,1-2H3,(H,12,13)(H,14,15)/t11-/m1/s1. The van der Waals surface area contributed by atoms with E-state index in [9.17, 15) is 19.5 Å². The highest BCUT2D eigenvalue weighted by atomic mass is 16.5. The molecule has 1 aromatic rings. The second kappa shape index (κ2) is 5.35. The molecule has 0 aliphatic rings. The van der Waals surface area contributed by atoms with Crippen molar-refractivity contribution in [2.24, 2.45) is 0 Å². The van der Waals surface area contributed by atoms with Gasteiger partial charge in [-0.1, -0.05) is 0 Å². The van der Waals surface area contributed by atoms with Crippen LogP contribution in [-0.4, -0.2) is 35.6 Å². The molecular formula is C11H13NO6. The molecule has 0 bridgehead atoms. The molecular weight excluding hydrogens is 242 g/mol. The number of aliphatic carboxylic acids is 1. The number of hydrogen-bond donors (Lipinski definition) is 2. The van der Waals surface area contributed by atoms with Gasteiger partial charge in [0.15, 0.2) is 0 Å². The highest BCUT2D eigenvalue weighted by Crippen LogP contribution is 2.17. The fourth-order valence-corrected chi connectivity index (χ4v) is 1.53. The van der Waals surface area contributed by atoms with Crippen LogP contribution in [0.25, 0.3) is 0 Å². The SMILES string of the molecule is COC(=O)[C@](Cc1ccco1)(NC(C)=O)C(=O)O. The molecule has 1 aromatic heterocycles. The second-order valence-electron chi connectivity index (χ2n) is 3.64. The van der Waals surface area contributed by atoms with Crippen molar-refractivity contribution in [3.05, 3.63) is 24.2 Å². The van der Waals surface area contributed by atoms with Crippen molar-refractivity contribution in [1.29, 1.82) is 0 Å². The number of carboxylic acid groups (broad SMARTS) is 1. The molecule has 1 atom stereocenters. The molecule has 0 radical (unpaired) electrons. The van der Waals surface area contributed by atoms with Gasteiger partial charge < -0.3 is 19.6 Å². The topological polar surface area (TPSA) is 106 Å². The van der Waals surface area contributed by atoms with Gasteiger partial charge in [0.2, 0.25) is 11.4 Å². The highest BCUT2D eigenvalue weighted by Gasteiger charge is 2.49. The first kappa shape index (κ1) is 13.8. The van der Waals surface area contributed by atoms with E-state index in [-0.39, 0.29) is 12.2 Å². The van der Waals surface area contributed by atoms with E-state index in [2.05, 4.69) is 10.1 Å². The number of carbonyl (C=O) groups is 3. The monoisotopic (exact) mass is 255 g/mol. The van der Waals surface area contributed by atoms with Gasteiger partial charge in [-0.05, 0) is 12.1 Å². The fraction of sp³-hybridized carbons (Fsp3) is 0.364. The second-order valence-corrected chi connectivity index (χ2v) is 3.64. The summed E-state index contributed by atoms with van der Waals surface area (Å²) in [6.45, 7) is 1.11. The van der Waals surface area contributed by atoms with Crippen LogP contribution in [-0.2, 0) is 25.5 Å². The minimum atomic E-state index is -2.18. The molecule has 0 aromatic carbocycles. The molecule has 1 amide bonds. The van der Waals surface area contributed by atoms with Crippen LogP contribution in [0.2, 0.25) is 0 Å². The number of carboxylic acids is 1. The molecule has 18 heavy (non-hydrogen) atoms. The van der Waals surface area contributed by atoms with Crippen molar-refractivity contribution >= 4 is 17.8 Å². The van der Waals surface area contributed by atoms with Crippen molar-refractivity contribution in [2.75, 3.05) is 7.11 Å². The van der Waals surface area contributed by atoms with E-state index in [4.69, 9.17) is 4.42 Å². The van der Waals surface area contributed by atoms with E-state index >= 15 is 0 Å². The first-order valence-electron chi connectivity index (χ1n) is 5.05. The number of nitrogens with one attached hydrogen (secondary N) is 1. The lowest BCUT2D eigenvalue weighted by Gasteiger charge is -2.26. The Balaban J connectivity index is 3.15. The van der Waals surface area contributed by atoms with E-state index < -0.39 is 23.4 Å². The van der Waals surface area contributed by atoms with Crippen LogP contribution in [0.4, 0.5) is 0 Å². The maximum atomic E-state index is 11.7. The summed E-state index contributed by atoms with van der Waals surface area (Å²) in [6.07, 6.45) is 1.01. The van der Waals surface area contributed by atoms with Crippen LogP contribution in [0.1, 0.15) is 12.7 Å². The van der Waals surface area contributed by atoms with Gasteiger partial charge in [0.1, 0.15) is 5.76 Å². The van der Waals surface area contributed by atoms with E-state index in [0.717, 1.165) is 14.0 Å². The third-order valence-corrected chi connectivity index (χ3v) is 2.31. The Hall–Kier alpha value is -2.31. The molecule has 0 saturated carbocycles. The van der Waals surface area contributed by atoms with Crippen LogP contribution in [0.15, 0.2) is 22.8 Å². The number of furan rings is 1. The lowest BCUT2D eigenvalue weighted by molar-refractivity contribution is -0.163. The lowest BCUT2D eigenvalue weighted by Crippen LogP contribution is -2.61. The molecule has 98 valence electrons. The van der Waals surface area contributed by atoms with Gasteiger partial charge in [-0.15, -0.1) is 0 Å². The zero-order valence-electron chi connectivity index (χ0n) is 9.93. The summed E-state index contributed by atoms with van der Waals surface area (Å²) in [5.41, 5.74) is -2.18. The van der Waals surface area contributed by atoms with E-state index in [1.165, 1.54) is 12.3 Å². The number of carbonyl (C=O) groups excluding carboxylic acids is 2. The van der Waals surface area contributed by atoms with Crippen molar-refractivity contribution in [1.82, 2.24) is 5.32 Å². The van der Waals surface area contributed by atoms with Crippen molar-refractivity contribution in [2.45, 2.75) is 18.9 Å². The summed E-state index contributed by atoms with van der Waals surface area (Å²) >= 11 is 0. The van der Waals surface area contributed by atoms with E-state index in [1.54, 1.807) is 6.07 Å². The van der Waals surface area contributed by atoms with Gasteiger partial charge >= 0.3 is 11.9 Å². The average Bonchev–Trinajstić information content (AvgIpc) is 2.78. The number of rotatable bonds is 5. The Labute approximate surface area is 103 Å². The lowest BCUT2D eigenvalue weighted by atomic mass is 9.93. The summed E-state index contributed by atoms with van der Waals surface area (Å²) in [7, 11) is 1.05. The smallest absolute Gasteiger partial charge is 0.343 e. The Morgan fingerprint density at radius 1 is 1.50 bits per heavy atom. The molecule has 0 saturated heterocycles. The molecule has 0 fully saturated rings. The van der Waals surface area contributed by atoms with Gasteiger partial charge in [0.05, 0.1) is 19.8 Å². The first-order chi connectivity index (χ1) is 8.42. The molecule has 0 aliphatic carbocycles. The Morgan fingerprint density at radius 2 is 2.17 bits per heavy atom. The zero-order chi connectivity index (χ0) is 13.8. The molecule has 7 heteroatoms. The zero-order valence-corrected chi connectivity index (χ0v) is 9.93. The van der Waals surface area contributed by atoms with Crippen LogP contribution in [0.3, 0.4) is 0 Å². The quantitative estimate of drug-likeness (QED) is 0.564. The predicted molar refractivity (Wildman–Crippen MR) is 58.6 cm³/mol. The number of ether oxygens (including phenoxy) is 1. The first-order valence-corrected chi connectivity index (χ1v) is 5.05. The molecule has 7 nitrogen and oxygen atoms in total. The van der Waals surface area contributed by atoms with Gasteiger partial charge in [-0.3, -0.25) is 4.79 Å². The van der Waals surface area contributed by atoms with Crippen molar-refractivity contribution in [3.8, 4) is 0 Å². The molecule has 1 rings (SSSR count). The third-order valence-electron chi connectivity index (χ3n) is 2.31. The molecule has 0 spiro atoms. The minimum Gasteiger partial charge on any atom is -0.479 e. The Morgan fingerprint density at radius 3 is 2.56 bits per heavy atom. The fourth-order valence-electron chi connectivity index (χ4n) is 1.53. The molecule has 0 unspecified atom stereocenters. The number of esters is 1. The van der Waals surface area contributed by atoms with Crippen LogP contribution < -0.4 is 5.32 Å². The average molecular weight is 255 g/mol. The van der Waals surface area contributed by atoms with Crippen LogP contribution in [0.5, 0.6) is 0 Å². The van der Waals surface area contributed by atoms with Gasteiger partial charge in [-0.25, -0.2) is 9.59 Å². The van der Waals surface area contributed by atoms with Gasteiger partial charge in [-0.2, -0.15) is 0 Å². The summed E-state index contributed by atoms with van der Waals surface area (Å²) in [4.78, 5) is 34.1. The van der Waals surface area contributed by atoms with E-state index in [0.29, 0.717) is 0 Å². The Bertz CT molecular complexity index is 452. The third kappa shape index (κ3) is 2.68. The molecule has 2 N–H and O–H groups in total. The van der Waals surface area contributed by atoms with E-state index in [1.807, 2.05) is 0 Å². The van der Waals surface area contributed by atoms with Crippen LogP contribution >= 0.6 is 0 Å². The van der Waals surface area contributed by atoms with Crippen molar-refractivity contribution in [3.63, 3.8) is 0 Å². The normalized spacial score (nSPS) is 13.4. The number of amides is 1. The maximum Gasteiger partial charge on any atom is 0.343 e. The molecule has 1 heterocycles. The summed E-state index contributed by atoms with van der Waals surface area (Å²) in [5, 5.41) is 11.3. The summed E-state index contributed by atoms with van der Waals surface area (Å²) < 4.78 is 9.44. The number of hydrogen-bond acceptors (Lipinski definition) is 5. The van der Waals surface area contributed by atoms with Crippen LogP contribution in [0, 0.1) is 0 Å². The van der Waals surface area contributed by atoms with Gasteiger partial charge in [0.25, 0.3) is 0 Å². The summed E-state index contributed by atoms with van der Waals surface area (Å²) in [6, 6.07) is 3.05. The van der Waals surface area contributed by atoms with Gasteiger partial charge in [0, 0.05) is 6.92 Å².